The van der Waals surface area contributed by atoms with Crippen LogP contribution >= 0.6 is 0 Å². The van der Waals surface area contributed by atoms with Gasteiger partial charge in [-0.1, -0.05) is 24.3 Å². The molecule has 0 saturated carbocycles. The van der Waals surface area contributed by atoms with Crippen LogP contribution in [0.2, 0.25) is 0 Å². The molecule has 0 aliphatic carbocycles. The number of hydrogen-bond acceptors (Lipinski definition) is 5. The van der Waals surface area contributed by atoms with Crippen LogP contribution in [0.3, 0.4) is 0 Å². The van der Waals surface area contributed by atoms with Crippen molar-refractivity contribution in [3.63, 3.8) is 0 Å². The van der Waals surface area contributed by atoms with E-state index in [1.54, 1.807) is 0 Å². The second-order valence-electron chi connectivity index (χ2n) is 8.20. The second kappa shape index (κ2) is 9.17. The minimum atomic E-state index is 0.797. The van der Waals surface area contributed by atoms with Crippen LogP contribution in [-0.4, -0.2) is 26.5 Å². The SMILES string of the molecule is Cc1cc(-c2ccc(CCNc3nccc4cc(-c5ccnc(C)c5)ncc34)cc2)ccn1. The van der Waals surface area contributed by atoms with Crippen molar-refractivity contribution in [1.29, 1.82) is 0 Å². The zero-order chi connectivity index (χ0) is 22.6. The van der Waals surface area contributed by atoms with E-state index in [2.05, 4.69) is 67.7 Å². The van der Waals surface area contributed by atoms with Crippen molar-refractivity contribution in [2.45, 2.75) is 20.3 Å². The van der Waals surface area contributed by atoms with Gasteiger partial charge in [0.2, 0.25) is 0 Å². The molecular formula is C28H25N5. The summed E-state index contributed by atoms with van der Waals surface area (Å²) in [5.74, 6) is 0.862. The number of nitrogens with one attached hydrogen (secondary N) is 1. The first-order valence-corrected chi connectivity index (χ1v) is 11.1. The summed E-state index contributed by atoms with van der Waals surface area (Å²) in [7, 11) is 0. The van der Waals surface area contributed by atoms with Gasteiger partial charge in [-0.25, -0.2) is 4.98 Å². The number of anilines is 1. The van der Waals surface area contributed by atoms with E-state index >= 15 is 0 Å². The van der Waals surface area contributed by atoms with Crippen molar-refractivity contribution in [1.82, 2.24) is 19.9 Å². The third kappa shape index (κ3) is 4.72. The summed E-state index contributed by atoms with van der Waals surface area (Å²) < 4.78 is 0. The highest BCUT2D eigenvalue weighted by molar-refractivity contribution is 5.93. The Morgan fingerprint density at radius 3 is 2.12 bits per heavy atom. The van der Waals surface area contributed by atoms with Gasteiger partial charge in [-0.3, -0.25) is 15.0 Å². The Labute approximate surface area is 193 Å². The van der Waals surface area contributed by atoms with Gasteiger partial charge in [-0.2, -0.15) is 0 Å². The number of aromatic nitrogens is 4. The molecule has 1 N–H and O–H groups in total. The predicted octanol–water partition coefficient (Wildman–Crippen LogP) is 6.03. The average molecular weight is 432 g/mol. The smallest absolute Gasteiger partial charge is 0.135 e. The van der Waals surface area contributed by atoms with Gasteiger partial charge >= 0.3 is 0 Å². The fourth-order valence-corrected chi connectivity index (χ4v) is 3.99. The van der Waals surface area contributed by atoms with Crippen LogP contribution in [0.4, 0.5) is 5.82 Å². The molecule has 0 amide bonds. The fraction of sp³-hybridized carbons (Fsp3) is 0.143. The molecule has 4 heterocycles. The zero-order valence-corrected chi connectivity index (χ0v) is 18.8. The first-order chi connectivity index (χ1) is 16.2. The number of hydrogen-bond donors (Lipinski definition) is 1. The highest BCUT2D eigenvalue weighted by atomic mass is 15.0. The molecule has 4 aromatic heterocycles. The van der Waals surface area contributed by atoms with E-state index < -0.39 is 0 Å². The third-order valence-electron chi connectivity index (χ3n) is 5.73. The molecular weight excluding hydrogens is 406 g/mol. The molecule has 0 bridgehead atoms. The van der Waals surface area contributed by atoms with Crippen molar-refractivity contribution in [2.75, 3.05) is 11.9 Å². The van der Waals surface area contributed by atoms with Gasteiger partial charge in [0.15, 0.2) is 0 Å². The van der Waals surface area contributed by atoms with Crippen molar-refractivity contribution < 1.29 is 0 Å². The molecule has 0 fully saturated rings. The first kappa shape index (κ1) is 20.8. The molecule has 0 aliphatic rings. The van der Waals surface area contributed by atoms with Crippen molar-refractivity contribution in [2.24, 2.45) is 0 Å². The van der Waals surface area contributed by atoms with Gasteiger partial charge in [-0.15, -0.1) is 0 Å². The molecule has 5 heteroatoms. The molecule has 1 aromatic carbocycles. The van der Waals surface area contributed by atoms with Gasteiger partial charge in [0.1, 0.15) is 5.82 Å². The van der Waals surface area contributed by atoms with E-state index in [1.807, 2.05) is 56.8 Å². The lowest BCUT2D eigenvalue weighted by Gasteiger charge is -2.10. The Bertz CT molecular complexity index is 1410. The number of rotatable bonds is 6. The molecule has 0 atom stereocenters. The summed E-state index contributed by atoms with van der Waals surface area (Å²) in [6.45, 7) is 4.80. The summed E-state index contributed by atoms with van der Waals surface area (Å²) in [6.07, 6.45) is 8.34. The van der Waals surface area contributed by atoms with Gasteiger partial charge in [0, 0.05) is 53.7 Å². The van der Waals surface area contributed by atoms with Crippen LogP contribution in [0.5, 0.6) is 0 Å². The number of benzene rings is 1. The number of fused-ring (bicyclic) bond motifs is 1. The second-order valence-corrected chi connectivity index (χ2v) is 8.20. The van der Waals surface area contributed by atoms with Gasteiger partial charge < -0.3 is 5.32 Å². The lowest BCUT2D eigenvalue weighted by atomic mass is 10.0. The molecule has 5 aromatic rings. The van der Waals surface area contributed by atoms with E-state index in [1.165, 1.54) is 16.7 Å². The Morgan fingerprint density at radius 2 is 1.36 bits per heavy atom. The molecule has 5 nitrogen and oxygen atoms in total. The van der Waals surface area contributed by atoms with Gasteiger partial charge in [-0.05, 0) is 78.7 Å². The van der Waals surface area contributed by atoms with Crippen molar-refractivity contribution >= 4 is 16.6 Å². The van der Waals surface area contributed by atoms with Gasteiger partial charge in [0.25, 0.3) is 0 Å². The number of aryl methyl sites for hydroxylation is 2. The Kier molecular flexibility index (Phi) is 5.77. The van der Waals surface area contributed by atoms with Crippen LogP contribution in [0.25, 0.3) is 33.2 Å². The number of pyridine rings is 4. The monoisotopic (exact) mass is 431 g/mol. The molecule has 0 aliphatic heterocycles. The molecule has 0 saturated heterocycles. The summed E-state index contributed by atoms with van der Waals surface area (Å²) in [4.78, 5) is 17.8. The highest BCUT2D eigenvalue weighted by Gasteiger charge is 2.07. The maximum Gasteiger partial charge on any atom is 0.135 e. The van der Waals surface area contributed by atoms with Crippen molar-refractivity contribution in [3.05, 3.63) is 102 Å². The lowest BCUT2D eigenvalue weighted by molar-refractivity contribution is 1.01. The minimum absolute atomic E-state index is 0.797. The molecule has 0 radical (unpaired) electrons. The van der Waals surface area contributed by atoms with E-state index in [0.29, 0.717) is 0 Å². The summed E-state index contributed by atoms with van der Waals surface area (Å²) in [6, 6.07) is 21.1. The summed E-state index contributed by atoms with van der Waals surface area (Å²) >= 11 is 0. The first-order valence-electron chi connectivity index (χ1n) is 11.1. The van der Waals surface area contributed by atoms with Crippen LogP contribution in [-0.2, 0) is 6.42 Å². The topological polar surface area (TPSA) is 63.6 Å². The Morgan fingerprint density at radius 1 is 0.667 bits per heavy atom. The quantitative estimate of drug-likeness (QED) is 0.356. The fourth-order valence-electron chi connectivity index (χ4n) is 3.99. The molecule has 162 valence electrons. The minimum Gasteiger partial charge on any atom is -0.369 e. The van der Waals surface area contributed by atoms with E-state index in [9.17, 15) is 0 Å². The summed E-state index contributed by atoms with van der Waals surface area (Å²) in [5.41, 5.74) is 7.71. The van der Waals surface area contributed by atoms with Gasteiger partial charge in [0.05, 0.1) is 5.69 Å². The predicted molar refractivity (Wildman–Crippen MR) is 134 cm³/mol. The number of nitrogens with zero attached hydrogens (tertiary/aromatic N) is 4. The lowest BCUT2D eigenvalue weighted by Crippen LogP contribution is -2.06. The van der Waals surface area contributed by atoms with E-state index in [-0.39, 0.29) is 0 Å². The molecule has 0 unspecified atom stereocenters. The maximum atomic E-state index is 4.68. The largest absolute Gasteiger partial charge is 0.369 e. The highest BCUT2D eigenvalue weighted by Crippen LogP contribution is 2.26. The Hall–Kier alpha value is -4.12. The standard InChI is InChI=1S/C28H25N5/c1-19-15-23(8-12-29-19)22-5-3-21(4-6-22)7-11-31-28-26-18-33-27(17-24(26)9-14-32-28)25-10-13-30-20(2)16-25/h3-6,8-10,12-18H,7,11H2,1-2H3,(H,31,32). The van der Waals surface area contributed by atoms with E-state index in [4.69, 9.17) is 0 Å². The Balaban J connectivity index is 1.28. The average Bonchev–Trinajstić information content (AvgIpc) is 2.84. The van der Waals surface area contributed by atoms with Crippen LogP contribution in [0.1, 0.15) is 17.0 Å². The van der Waals surface area contributed by atoms with Crippen molar-refractivity contribution in [3.8, 4) is 22.4 Å². The van der Waals surface area contributed by atoms with Crippen LogP contribution in [0.15, 0.2) is 85.5 Å². The maximum absolute atomic E-state index is 4.68. The zero-order valence-electron chi connectivity index (χ0n) is 18.8. The third-order valence-corrected chi connectivity index (χ3v) is 5.73. The molecule has 5 rings (SSSR count). The molecule has 33 heavy (non-hydrogen) atoms. The van der Waals surface area contributed by atoms with E-state index in [0.717, 1.165) is 52.2 Å². The van der Waals surface area contributed by atoms with Crippen LogP contribution < -0.4 is 5.32 Å². The normalized spacial score (nSPS) is 11.0. The summed E-state index contributed by atoms with van der Waals surface area (Å²) in [5, 5.41) is 5.63. The molecule has 0 spiro atoms. The van der Waals surface area contributed by atoms with Crippen LogP contribution in [0, 0.1) is 13.8 Å².